The van der Waals surface area contributed by atoms with E-state index >= 15 is 0 Å². The van der Waals surface area contributed by atoms with E-state index in [9.17, 15) is 18.0 Å². The quantitative estimate of drug-likeness (QED) is 0.494. The lowest BCUT2D eigenvalue weighted by Crippen LogP contribution is -2.48. The molecular weight excluding hydrogens is 450 g/mol. The molecule has 0 bridgehead atoms. The number of rotatable bonds is 12. The lowest BCUT2D eigenvalue weighted by molar-refractivity contribution is -0.140. The van der Waals surface area contributed by atoms with Gasteiger partial charge < -0.3 is 10.2 Å². The van der Waals surface area contributed by atoms with Gasteiger partial charge in [-0.05, 0) is 49.4 Å². The predicted octanol–water partition coefficient (Wildman–Crippen LogP) is 3.73. The van der Waals surface area contributed by atoms with E-state index in [0.29, 0.717) is 31.1 Å². The average molecular weight is 488 g/mol. The summed E-state index contributed by atoms with van der Waals surface area (Å²) in [5.41, 5.74) is 2.46. The lowest BCUT2D eigenvalue weighted by atomic mass is 10.1. The number of amides is 2. The number of hydrogen-bond acceptors (Lipinski definition) is 4. The van der Waals surface area contributed by atoms with Crippen LogP contribution in [0.3, 0.4) is 0 Å². The van der Waals surface area contributed by atoms with Crippen LogP contribution in [0.1, 0.15) is 44.7 Å². The van der Waals surface area contributed by atoms with Crippen molar-refractivity contribution in [2.24, 2.45) is 5.92 Å². The number of benzene rings is 2. The van der Waals surface area contributed by atoms with Gasteiger partial charge in [0.05, 0.1) is 11.9 Å². The molecule has 2 amide bonds. The first-order valence-electron chi connectivity index (χ1n) is 11.6. The van der Waals surface area contributed by atoms with E-state index in [-0.39, 0.29) is 24.8 Å². The van der Waals surface area contributed by atoms with Crippen LogP contribution in [0.25, 0.3) is 0 Å². The number of carbonyl (C=O) groups excluding carboxylic acids is 2. The van der Waals surface area contributed by atoms with Crippen LogP contribution in [0.2, 0.25) is 0 Å². The molecule has 0 radical (unpaired) electrons. The first-order chi connectivity index (χ1) is 16.0. The summed E-state index contributed by atoms with van der Waals surface area (Å²) < 4.78 is 26.1. The predicted molar refractivity (Wildman–Crippen MR) is 137 cm³/mol. The van der Waals surface area contributed by atoms with E-state index < -0.39 is 16.1 Å². The summed E-state index contributed by atoms with van der Waals surface area (Å²) in [7, 11) is -3.50. The van der Waals surface area contributed by atoms with Gasteiger partial charge >= 0.3 is 0 Å². The average Bonchev–Trinajstić information content (AvgIpc) is 2.77. The third-order valence-corrected chi connectivity index (χ3v) is 6.68. The molecule has 2 aromatic rings. The highest BCUT2D eigenvalue weighted by Gasteiger charge is 2.26. The van der Waals surface area contributed by atoms with Crippen molar-refractivity contribution in [1.29, 1.82) is 0 Å². The van der Waals surface area contributed by atoms with E-state index in [4.69, 9.17) is 0 Å². The molecule has 0 fully saturated rings. The van der Waals surface area contributed by atoms with Gasteiger partial charge in [0.15, 0.2) is 0 Å². The molecule has 0 aliphatic heterocycles. The van der Waals surface area contributed by atoms with Crippen molar-refractivity contribution >= 4 is 27.5 Å². The minimum atomic E-state index is -3.50. The summed E-state index contributed by atoms with van der Waals surface area (Å²) in [6, 6.07) is 16.2. The highest BCUT2D eigenvalue weighted by Crippen LogP contribution is 2.20. The summed E-state index contributed by atoms with van der Waals surface area (Å²) in [6.45, 7) is 8.69. The maximum absolute atomic E-state index is 13.2. The van der Waals surface area contributed by atoms with Crippen LogP contribution in [-0.2, 0) is 26.2 Å². The van der Waals surface area contributed by atoms with Crippen LogP contribution in [0.5, 0.6) is 0 Å². The van der Waals surface area contributed by atoms with E-state index in [1.54, 1.807) is 17.9 Å². The van der Waals surface area contributed by atoms with Gasteiger partial charge in [0.25, 0.3) is 0 Å². The fourth-order valence-electron chi connectivity index (χ4n) is 3.60. The van der Waals surface area contributed by atoms with Crippen LogP contribution in [0, 0.1) is 12.8 Å². The van der Waals surface area contributed by atoms with Gasteiger partial charge in [-0.15, -0.1) is 0 Å². The fourth-order valence-corrected chi connectivity index (χ4v) is 4.56. The van der Waals surface area contributed by atoms with Crippen LogP contribution < -0.4 is 9.62 Å². The number of nitrogens with zero attached hydrogens (tertiary/aromatic N) is 2. The second kappa shape index (κ2) is 12.6. The van der Waals surface area contributed by atoms with Gasteiger partial charge in [-0.2, -0.15) is 0 Å². The number of sulfonamides is 1. The topological polar surface area (TPSA) is 86.8 Å². The zero-order valence-corrected chi connectivity index (χ0v) is 21.6. The Hall–Kier alpha value is -2.87. The second-order valence-corrected chi connectivity index (χ2v) is 11.0. The molecule has 0 aliphatic carbocycles. The van der Waals surface area contributed by atoms with E-state index in [2.05, 4.69) is 5.32 Å². The molecule has 8 heteroatoms. The monoisotopic (exact) mass is 487 g/mol. The molecule has 2 aromatic carbocycles. The highest BCUT2D eigenvalue weighted by atomic mass is 32.2. The first-order valence-corrected chi connectivity index (χ1v) is 13.5. The smallest absolute Gasteiger partial charge is 0.242 e. The molecule has 186 valence electrons. The zero-order valence-electron chi connectivity index (χ0n) is 20.8. The van der Waals surface area contributed by atoms with Gasteiger partial charge in [0.1, 0.15) is 6.04 Å². The van der Waals surface area contributed by atoms with Gasteiger partial charge in [-0.1, -0.05) is 56.3 Å². The van der Waals surface area contributed by atoms with E-state index in [1.165, 1.54) is 10.6 Å². The Morgan fingerprint density at radius 3 is 2.26 bits per heavy atom. The molecule has 34 heavy (non-hydrogen) atoms. The largest absolute Gasteiger partial charge is 0.354 e. The summed E-state index contributed by atoms with van der Waals surface area (Å²) >= 11 is 0. The van der Waals surface area contributed by atoms with Gasteiger partial charge in [0.2, 0.25) is 21.8 Å². The summed E-state index contributed by atoms with van der Waals surface area (Å²) in [5.74, 6) is -0.0812. The lowest BCUT2D eigenvalue weighted by Gasteiger charge is -2.29. The molecule has 0 heterocycles. The molecule has 2 rings (SSSR count). The van der Waals surface area contributed by atoms with Crippen LogP contribution in [-0.4, -0.2) is 50.5 Å². The molecule has 1 atom stereocenters. The molecule has 1 N–H and O–H groups in total. The van der Waals surface area contributed by atoms with Crippen molar-refractivity contribution in [2.45, 2.75) is 53.1 Å². The molecule has 0 aliphatic rings. The SMILES string of the molecule is Cc1cccc(N(CCCC(=O)N(Cc2ccccc2)[C@H](C)C(=O)NCC(C)C)S(C)(=O)=O)c1. The molecule has 0 unspecified atom stereocenters. The number of carbonyl (C=O) groups is 2. The Morgan fingerprint density at radius 2 is 1.68 bits per heavy atom. The van der Waals surface area contributed by atoms with Crippen molar-refractivity contribution in [2.75, 3.05) is 23.7 Å². The summed E-state index contributed by atoms with van der Waals surface area (Å²) in [6.07, 6.45) is 1.64. The molecule has 7 nitrogen and oxygen atoms in total. The number of hydrogen-bond donors (Lipinski definition) is 1. The molecular formula is C26H37N3O4S. The Balaban J connectivity index is 2.13. The summed E-state index contributed by atoms with van der Waals surface area (Å²) in [5, 5.41) is 2.90. The highest BCUT2D eigenvalue weighted by molar-refractivity contribution is 7.92. The molecule has 0 saturated heterocycles. The standard InChI is InChI=1S/C26H37N3O4S/c1-20(2)18-27-26(31)22(4)28(19-23-12-7-6-8-13-23)25(30)15-10-16-29(34(5,32)33)24-14-9-11-21(3)17-24/h6-9,11-14,17,20,22H,10,15-16,18-19H2,1-5H3,(H,27,31)/t22-/m1/s1. The van der Waals surface area contributed by atoms with Crippen molar-refractivity contribution in [3.05, 3.63) is 65.7 Å². The number of nitrogens with one attached hydrogen (secondary N) is 1. The van der Waals surface area contributed by atoms with Crippen LogP contribution in [0.15, 0.2) is 54.6 Å². The van der Waals surface area contributed by atoms with E-state index in [1.807, 2.05) is 69.3 Å². The molecule has 0 saturated carbocycles. The van der Waals surface area contributed by atoms with Crippen LogP contribution >= 0.6 is 0 Å². The Labute approximate surface area is 204 Å². The maximum Gasteiger partial charge on any atom is 0.242 e. The minimum Gasteiger partial charge on any atom is -0.354 e. The Morgan fingerprint density at radius 1 is 1.00 bits per heavy atom. The van der Waals surface area contributed by atoms with Crippen molar-refractivity contribution in [3.63, 3.8) is 0 Å². The van der Waals surface area contributed by atoms with E-state index in [0.717, 1.165) is 11.1 Å². The molecule has 0 aromatic heterocycles. The van der Waals surface area contributed by atoms with Crippen molar-refractivity contribution in [3.8, 4) is 0 Å². The maximum atomic E-state index is 13.2. The summed E-state index contributed by atoms with van der Waals surface area (Å²) in [4.78, 5) is 27.5. The molecule has 0 spiro atoms. The number of aryl methyl sites for hydroxylation is 1. The van der Waals surface area contributed by atoms with Crippen LogP contribution in [0.4, 0.5) is 5.69 Å². The second-order valence-electron chi connectivity index (χ2n) is 9.10. The Kier molecular flexibility index (Phi) is 10.1. The van der Waals surface area contributed by atoms with Gasteiger partial charge in [0, 0.05) is 26.1 Å². The van der Waals surface area contributed by atoms with Gasteiger partial charge in [-0.3, -0.25) is 13.9 Å². The zero-order chi connectivity index (χ0) is 25.3. The minimum absolute atomic E-state index is 0.131. The third kappa shape index (κ3) is 8.48. The fraction of sp³-hybridized carbons (Fsp3) is 0.462. The normalized spacial score (nSPS) is 12.3. The van der Waals surface area contributed by atoms with Crippen molar-refractivity contribution < 1.29 is 18.0 Å². The van der Waals surface area contributed by atoms with Gasteiger partial charge in [-0.25, -0.2) is 8.42 Å². The third-order valence-electron chi connectivity index (χ3n) is 5.49. The number of anilines is 1. The first kappa shape index (κ1) is 27.4. The van der Waals surface area contributed by atoms with Crippen molar-refractivity contribution in [1.82, 2.24) is 10.2 Å². The Bertz CT molecular complexity index is 1050.